The molecule has 6 rings (SSSR count). The van der Waals surface area contributed by atoms with E-state index in [-0.39, 0.29) is 11.6 Å². The predicted molar refractivity (Wildman–Crippen MR) is 128 cm³/mol. The van der Waals surface area contributed by atoms with E-state index >= 15 is 0 Å². The molecule has 7 heteroatoms. The van der Waals surface area contributed by atoms with Crippen molar-refractivity contribution < 1.29 is 9.53 Å². The Kier molecular flexibility index (Phi) is 5.25. The van der Waals surface area contributed by atoms with Crippen LogP contribution in [0.15, 0.2) is 60.8 Å². The van der Waals surface area contributed by atoms with Crippen LogP contribution in [0.25, 0.3) is 10.9 Å². The van der Waals surface area contributed by atoms with Crippen molar-refractivity contribution in [3.8, 4) is 0 Å². The van der Waals surface area contributed by atoms with E-state index < -0.39 is 0 Å². The van der Waals surface area contributed by atoms with Crippen LogP contribution in [0.1, 0.15) is 29.9 Å². The molecule has 0 aliphatic carbocycles. The molecule has 2 aromatic carbocycles. The number of fused-ring (bicyclic) bond motifs is 1. The first-order chi connectivity index (χ1) is 16.2. The third kappa shape index (κ3) is 3.76. The zero-order valence-electron chi connectivity index (χ0n) is 18.7. The average Bonchev–Trinajstić information content (AvgIpc) is 3.49. The summed E-state index contributed by atoms with van der Waals surface area (Å²) in [6, 6.07) is 18.9. The molecule has 3 fully saturated rings. The molecule has 2 N–H and O–H groups in total. The van der Waals surface area contributed by atoms with Crippen LogP contribution in [0.3, 0.4) is 0 Å². The van der Waals surface area contributed by atoms with Crippen LogP contribution in [0.2, 0.25) is 0 Å². The van der Waals surface area contributed by atoms with Crippen molar-refractivity contribution in [3.05, 3.63) is 71.9 Å². The van der Waals surface area contributed by atoms with E-state index in [9.17, 15) is 4.79 Å². The smallest absolute Gasteiger partial charge is 0.325 e. The maximum atomic E-state index is 13.8. The van der Waals surface area contributed by atoms with Gasteiger partial charge < -0.3 is 9.64 Å². The fraction of sp³-hybridized carbons (Fsp3) is 0.385. The van der Waals surface area contributed by atoms with Crippen LogP contribution in [-0.2, 0) is 11.3 Å². The van der Waals surface area contributed by atoms with E-state index in [1.54, 1.807) is 0 Å². The molecule has 1 spiro atoms. The molecule has 7 nitrogen and oxygen atoms in total. The maximum absolute atomic E-state index is 13.8. The highest BCUT2D eigenvalue weighted by Gasteiger charge is 2.50. The van der Waals surface area contributed by atoms with Gasteiger partial charge >= 0.3 is 6.03 Å². The highest BCUT2D eigenvalue weighted by atomic mass is 16.5. The van der Waals surface area contributed by atoms with Gasteiger partial charge in [-0.25, -0.2) is 4.79 Å². The first-order valence-corrected chi connectivity index (χ1v) is 11.8. The normalized spacial score (nSPS) is 20.9. The Morgan fingerprint density at radius 3 is 2.61 bits per heavy atom. The second kappa shape index (κ2) is 8.41. The Morgan fingerprint density at radius 2 is 1.82 bits per heavy atom. The molecule has 3 aliphatic rings. The van der Waals surface area contributed by atoms with E-state index in [1.807, 2.05) is 17.2 Å². The van der Waals surface area contributed by atoms with Gasteiger partial charge in [0.2, 0.25) is 0 Å². The Labute approximate surface area is 193 Å². The number of rotatable bonds is 4. The van der Waals surface area contributed by atoms with Crippen molar-refractivity contribution in [2.75, 3.05) is 37.7 Å². The number of carbonyl (C=O) groups is 1. The number of aromatic nitrogens is 1. The molecule has 4 heterocycles. The number of hydrogen-bond donors (Lipinski definition) is 2. The van der Waals surface area contributed by atoms with E-state index in [0.29, 0.717) is 32.2 Å². The molecule has 3 aromatic rings. The molecule has 3 saturated heterocycles. The lowest BCUT2D eigenvalue weighted by molar-refractivity contribution is 0.00612. The van der Waals surface area contributed by atoms with Crippen LogP contribution < -0.4 is 15.8 Å². The summed E-state index contributed by atoms with van der Waals surface area (Å²) < 4.78 is 5.68. The van der Waals surface area contributed by atoms with Crippen molar-refractivity contribution in [2.24, 2.45) is 0 Å². The van der Waals surface area contributed by atoms with Gasteiger partial charge in [0.1, 0.15) is 0 Å². The minimum atomic E-state index is -0.202. The van der Waals surface area contributed by atoms with E-state index in [0.717, 1.165) is 48.1 Å². The molecule has 33 heavy (non-hydrogen) atoms. The number of hydrogen-bond acceptors (Lipinski definition) is 5. The second-order valence-electron chi connectivity index (χ2n) is 9.37. The van der Waals surface area contributed by atoms with Crippen molar-refractivity contribution in [1.82, 2.24) is 20.7 Å². The minimum Gasteiger partial charge on any atom is -0.381 e. The van der Waals surface area contributed by atoms with Gasteiger partial charge in [-0.05, 0) is 48.2 Å². The van der Waals surface area contributed by atoms with Gasteiger partial charge in [0.15, 0.2) is 0 Å². The Morgan fingerprint density at radius 1 is 1.03 bits per heavy atom. The molecule has 0 unspecified atom stereocenters. The largest absolute Gasteiger partial charge is 0.381 e. The van der Waals surface area contributed by atoms with Gasteiger partial charge in [0.25, 0.3) is 0 Å². The number of pyridine rings is 1. The Balaban J connectivity index is 1.29. The highest BCUT2D eigenvalue weighted by Crippen LogP contribution is 2.39. The monoisotopic (exact) mass is 443 g/mol. The van der Waals surface area contributed by atoms with Crippen LogP contribution in [-0.4, -0.2) is 54.3 Å². The molecule has 0 saturated carbocycles. The highest BCUT2D eigenvalue weighted by molar-refractivity contribution is 5.95. The fourth-order valence-corrected chi connectivity index (χ4v) is 5.43. The number of urea groups is 1. The van der Waals surface area contributed by atoms with Gasteiger partial charge in [0.05, 0.1) is 17.6 Å². The summed E-state index contributed by atoms with van der Waals surface area (Å²) in [5.74, 6) is 0.466. The molecule has 3 aliphatic heterocycles. The third-order valence-corrected chi connectivity index (χ3v) is 7.42. The number of benzene rings is 2. The van der Waals surface area contributed by atoms with Crippen LogP contribution in [0, 0.1) is 0 Å². The zero-order chi connectivity index (χ0) is 22.3. The average molecular weight is 444 g/mol. The predicted octanol–water partition coefficient (Wildman–Crippen LogP) is 3.42. The molecule has 170 valence electrons. The quantitative estimate of drug-likeness (QED) is 0.647. The maximum Gasteiger partial charge on any atom is 0.325 e. The minimum absolute atomic E-state index is 0.0787. The van der Waals surface area contributed by atoms with Crippen molar-refractivity contribution in [2.45, 2.75) is 30.8 Å². The second-order valence-corrected chi connectivity index (χ2v) is 9.37. The molecule has 1 aromatic heterocycles. The third-order valence-electron chi connectivity index (χ3n) is 7.42. The molecule has 0 bridgehead atoms. The number of ether oxygens (including phenoxy) is 1. The number of anilines is 1. The Bertz CT molecular complexity index is 1150. The lowest BCUT2D eigenvalue weighted by atomic mass is 9.88. The lowest BCUT2D eigenvalue weighted by Gasteiger charge is -2.40. The van der Waals surface area contributed by atoms with Crippen LogP contribution in [0.4, 0.5) is 10.5 Å². The number of amides is 2. The summed E-state index contributed by atoms with van der Waals surface area (Å²) >= 11 is 0. The van der Waals surface area contributed by atoms with Crippen molar-refractivity contribution >= 4 is 22.6 Å². The molecule has 0 radical (unpaired) electrons. The first-order valence-electron chi connectivity index (χ1n) is 11.8. The SMILES string of the molecule is O=C1N(c2ccc(C3CNNC3)cc2)CC2(CCOCC2)N1Cc1ccc2cccnc2c1. The van der Waals surface area contributed by atoms with Crippen LogP contribution >= 0.6 is 0 Å². The van der Waals surface area contributed by atoms with Crippen molar-refractivity contribution in [3.63, 3.8) is 0 Å². The molecular weight excluding hydrogens is 414 g/mol. The fourth-order valence-electron chi connectivity index (χ4n) is 5.43. The first kappa shape index (κ1) is 20.6. The van der Waals surface area contributed by atoms with Gasteiger partial charge in [0, 0.05) is 56.0 Å². The summed E-state index contributed by atoms with van der Waals surface area (Å²) in [6.45, 7) is 4.53. The number of nitrogens with one attached hydrogen (secondary N) is 2. The van der Waals surface area contributed by atoms with E-state index in [2.05, 4.69) is 69.3 Å². The van der Waals surface area contributed by atoms with Gasteiger partial charge in [-0.2, -0.15) is 0 Å². The molecular formula is C26H29N5O2. The number of nitrogens with zero attached hydrogens (tertiary/aromatic N) is 3. The summed E-state index contributed by atoms with van der Waals surface area (Å²) in [4.78, 5) is 22.3. The summed E-state index contributed by atoms with van der Waals surface area (Å²) in [7, 11) is 0. The van der Waals surface area contributed by atoms with Crippen LogP contribution in [0.5, 0.6) is 0 Å². The van der Waals surface area contributed by atoms with Gasteiger partial charge in [-0.1, -0.05) is 30.3 Å². The Hall–Kier alpha value is -3.00. The number of carbonyl (C=O) groups excluding carboxylic acids is 1. The van der Waals surface area contributed by atoms with Gasteiger partial charge in [-0.3, -0.25) is 20.7 Å². The van der Waals surface area contributed by atoms with Gasteiger partial charge in [-0.15, -0.1) is 0 Å². The topological polar surface area (TPSA) is 69.7 Å². The van der Waals surface area contributed by atoms with Crippen molar-refractivity contribution in [1.29, 1.82) is 0 Å². The van der Waals surface area contributed by atoms with E-state index in [1.165, 1.54) is 5.56 Å². The molecule has 2 amide bonds. The molecule has 0 atom stereocenters. The zero-order valence-corrected chi connectivity index (χ0v) is 18.7. The number of hydrazine groups is 1. The lowest BCUT2D eigenvalue weighted by Crippen LogP contribution is -2.50. The summed E-state index contributed by atoms with van der Waals surface area (Å²) in [6.07, 6.45) is 3.54. The summed E-state index contributed by atoms with van der Waals surface area (Å²) in [5, 5.41) is 1.11. The van der Waals surface area contributed by atoms with E-state index in [4.69, 9.17) is 4.74 Å². The standard InChI is InChI=1S/C26H29N5O2/c32-25-30(23-7-5-20(6-8-23)22-15-28-29-16-22)18-26(9-12-33-13-10-26)31(25)17-19-3-4-21-2-1-11-27-24(21)14-19/h1-8,11,14,22,28-29H,9-10,12-13,15-18H2. The summed E-state index contributed by atoms with van der Waals surface area (Å²) in [5.41, 5.74) is 10.5.